The fraction of sp³-hybridized carbons (Fsp3) is 0.742. The van der Waals surface area contributed by atoms with Gasteiger partial charge in [0.1, 0.15) is 13.2 Å². The van der Waals surface area contributed by atoms with Crippen LogP contribution >= 0.6 is 0 Å². The summed E-state index contributed by atoms with van der Waals surface area (Å²) in [6.45, 7) is 6.51. The molecule has 0 fully saturated rings. The Labute approximate surface area is 445 Å². The van der Waals surface area contributed by atoms with Crippen LogP contribution in [0.2, 0.25) is 0 Å². The van der Waals surface area contributed by atoms with Crippen LogP contribution in [-0.4, -0.2) is 37.2 Å². The molecule has 6 nitrogen and oxygen atoms in total. The number of unbranched alkanes of at least 4 members (excludes halogenated alkanes) is 30. The fourth-order valence-electron chi connectivity index (χ4n) is 8.52. The summed E-state index contributed by atoms with van der Waals surface area (Å²) in [6, 6.07) is 0. The minimum Gasteiger partial charge on any atom is -0.462 e. The highest BCUT2D eigenvalue weighted by Crippen LogP contribution is 2.15. The van der Waals surface area contributed by atoms with Crippen LogP contribution in [0, 0.1) is 0 Å². The zero-order valence-corrected chi connectivity index (χ0v) is 47.4. The highest BCUT2D eigenvalue weighted by atomic mass is 16.6. The molecule has 0 aliphatic rings. The lowest BCUT2D eigenvalue weighted by atomic mass is 10.1. The van der Waals surface area contributed by atoms with Crippen LogP contribution in [0.1, 0.15) is 297 Å². The molecule has 414 valence electrons. The first-order valence-electron chi connectivity index (χ1n) is 30.6. The van der Waals surface area contributed by atoms with E-state index in [2.05, 4.69) is 106 Å². The van der Waals surface area contributed by atoms with E-state index in [-0.39, 0.29) is 31.1 Å². The Morgan fingerprint density at radius 1 is 0.292 bits per heavy atom. The van der Waals surface area contributed by atoms with Gasteiger partial charge in [0.25, 0.3) is 0 Å². The van der Waals surface area contributed by atoms with Gasteiger partial charge in [0.2, 0.25) is 0 Å². The minimum absolute atomic E-state index is 0.0847. The van der Waals surface area contributed by atoms with E-state index in [1.54, 1.807) is 0 Å². The number of allylic oxidation sites excluding steroid dienone is 14. The molecule has 0 aromatic carbocycles. The predicted molar refractivity (Wildman–Crippen MR) is 311 cm³/mol. The molecule has 0 aromatic heterocycles. The van der Waals surface area contributed by atoms with Gasteiger partial charge < -0.3 is 14.2 Å². The average Bonchev–Trinajstić information content (AvgIpc) is 3.38. The molecule has 0 heterocycles. The quantitative estimate of drug-likeness (QED) is 0.0261. The van der Waals surface area contributed by atoms with Crippen LogP contribution in [0.3, 0.4) is 0 Å². The number of hydrogen-bond donors (Lipinski definition) is 0. The van der Waals surface area contributed by atoms with Crippen LogP contribution in [0.15, 0.2) is 85.1 Å². The smallest absolute Gasteiger partial charge is 0.306 e. The highest BCUT2D eigenvalue weighted by Gasteiger charge is 2.19. The van der Waals surface area contributed by atoms with Gasteiger partial charge in [0.05, 0.1) is 0 Å². The van der Waals surface area contributed by atoms with Crippen molar-refractivity contribution in [1.82, 2.24) is 0 Å². The second kappa shape index (κ2) is 60.1. The molecule has 0 spiro atoms. The lowest BCUT2D eigenvalue weighted by molar-refractivity contribution is -0.167. The number of esters is 3. The highest BCUT2D eigenvalue weighted by molar-refractivity contribution is 5.71. The molecule has 0 amide bonds. The van der Waals surface area contributed by atoms with Crippen LogP contribution in [-0.2, 0) is 28.6 Å². The predicted octanol–water partition coefficient (Wildman–Crippen LogP) is 20.7. The molecule has 0 bridgehead atoms. The van der Waals surface area contributed by atoms with E-state index < -0.39 is 6.10 Å². The third-order valence-corrected chi connectivity index (χ3v) is 13.1. The third kappa shape index (κ3) is 57.5. The lowest BCUT2D eigenvalue weighted by Gasteiger charge is -2.18. The van der Waals surface area contributed by atoms with E-state index in [9.17, 15) is 14.4 Å². The van der Waals surface area contributed by atoms with Crippen molar-refractivity contribution < 1.29 is 28.6 Å². The molecule has 6 heteroatoms. The summed E-state index contributed by atoms with van der Waals surface area (Å²) < 4.78 is 16.9. The molecule has 0 aliphatic heterocycles. The van der Waals surface area contributed by atoms with Crippen molar-refractivity contribution in [1.29, 1.82) is 0 Å². The van der Waals surface area contributed by atoms with Crippen LogP contribution in [0.5, 0.6) is 0 Å². The Balaban J connectivity index is 4.33. The molecule has 0 rings (SSSR count). The van der Waals surface area contributed by atoms with Gasteiger partial charge in [-0.3, -0.25) is 14.4 Å². The van der Waals surface area contributed by atoms with Gasteiger partial charge in [-0.1, -0.05) is 247 Å². The molecule has 0 saturated heterocycles. The maximum absolute atomic E-state index is 12.9. The van der Waals surface area contributed by atoms with Gasteiger partial charge in [0, 0.05) is 19.3 Å². The van der Waals surface area contributed by atoms with E-state index in [1.807, 2.05) is 0 Å². The monoisotopic (exact) mass is 1000 g/mol. The molecule has 0 radical (unpaired) electrons. The van der Waals surface area contributed by atoms with E-state index in [4.69, 9.17) is 14.2 Å². The lowest BCUT2D eigenvalue weighted by Crippen LogP contribution is -2.30. The topological polar surface area (TPSA) is 78.9 Å². The first-order chi connectivity index (χ1) is 35.5. The summed E-state index contributed by atoms with van der Waals surface area (Å²) in [6.07, 6.45) is 78.6. The van der Waals surface area contributed by atoms with E-state index in [0.29, 0.717) is 19.3 Å². The second-order valence-electron chi connectivity index (χ2n) is 20.2. The number of carbonyl (C=O) groups is 3. The summed E-state index contributed by atoms with van der Waals surface area (Å²) in [7, 11) is 0. The Kier molecular flexibility index (Phi) is 57.3. The van der Waals surface area contributed by atoms with Gasteiger partial charge in [-0.05, 0) is 116 Å². The van der Waals surface area contributed by atoms with Gasteiger partial charge in [-0.25, -0.2) is 0 Å². The van der Waals surface area contributed by atoms with Crippen molar-refractivity contribution in [3.63, 3.8) is 0 Å². The van der Waals surface area contributed by atoms with Crippen LogP contribution < -0.4 is 0 Å². The summed E-state index contributed by atoms with van der Waals surface area (Å²) in [4.78, 5) is 38.2. The molecule has 0 aromatic rings. The molecule has 0 aliphatic carbocycles. The van der Waals surface area contributed by atoms with E-state index in [1.165, 1.54) is 141 Å². The second-order valence-corrected chi connectivity index (χ2v) is 20.2. The molecular formula is C66H114O6. The van der Waals surface area contributed by atoms with Crippen LogP contribution in [0.4, 0.5) is 0 Å². The molecule has 0 N–H and O–H groups in total. The first kappa shape index (κ1) is 68.6. The molecule has 1 unspecified atom stereocenters. The molecule has 1 atom stereocenters. The first-order valence-corrected chi connectivity index (χ1v) is 30.6. The third-order valence-electron chi connectivity index (χ3n) is 13.1. The number of rotatable bonds is 55. The standard InChI is InChI=1S/C66H114O6/c1-4-7-10-13-16-19-22-25-27-29-30-31-32-33-34-35-36-37-39-41-44-47-50-53-56-59-65(68)71-62-63(61-70-64(67)58-55-52-49-46-43-40-24-21-18-15-12-9-6-3)72-66(69)60-57-54-51-48-45-42-38-28-26-23-20-17-14-11-8-5-2/h7,10,16,19,21,24-25,27-28,30-31,33-34,38,63H,4-6,8-9,11-15,17-18,20,22-23,26,29,32,35-37,39-62H2,1-3H3/b10-7-,19-16-,24-21-,27-25-,31-30-,34-33-,38-28-. The fourth-order valence-corrected chi connectivity index (χ4v) is 8.52. The zero-order valence-electron chi connectivity index (χ0n) is 47.4. The van der Waals surface area contributed by atoms with Gasteiger partial charge in [0.15, 0.2) is 6.10 Å². The summed E-state index contributed by atoms with van der Waals surface area (Å²) in [5, 5.41) is 0. The van der Waals surface area contributed by atoms with E-state index in [0.717, 1.165) is 116 Å². The summed E-state index contributed by atoms with van der Waals surface area (Å²) in [5.41, 5.74) is 0. The van der Waals surface area contributed by atoms with Crippen molar-refractivity contribution in [3.05, 3.63) is 85.1 Å². The number of carbonyl (C=O) groups excluding carboxylic acids is 3. The van der Waals surface area contributed by atoms with Gasteiger partial charge >= 0.3 is 17.9 Å². The maximum Gasteiger partial charge on any atom is 0.306 e. The summed E-state index contributed by atoms with van der Waals surface area (Å²) in [5.74, 6) is -0.899. The largest absolute Gasteiger partial charge is 0.462 e. The summed E-state index contributed by atoms with van der Waals surface area (Å²) >= 11 is 0. The minimum atomic E-state index is -0.787. The van der Waals surface area contributed by atoms with E-state index >= 15 is 0 Å². The Morgan fingerprint density at radius 2 is 0.542 bits per heavy atom. The molecule has 0 saturated carbocycles. The normalized spacial score (nSPS) is 12.7. The number of hydrogen-bond acceptors (Lipinski definition) is 6. The van der Waals surface area contributed by atoms with Crippen molar-refractivity contribution in [2.75, 3.05) is 13.2 Å². The van der Waals surface area contributed by atoms with Crippen molar-refractivity contribution in [2.24, 2.45) is 0 Å². The van der Waals surface area contributed by atoms with Crippen LogP contribution in [0.25, 0.3) is 0 Å². The van der Waals surface area contributed by atoms with Crippen molar-refractivity contribution in [3.8, 4) is 0 Å². The maximum atomic E-state index is 12.9. The van der Waals surface area contributed by atoms with Gasteiger partial charge in [-0.2, -0.15) is 0 Å². The Hall–Kier alpha value is -3.41. The van der Waals surface area contributed by atoms with Gasteiger partial charge in [-0.15, -0.1) is 0 Å². The number of ether oxygens (including phenoxy) is 3. The molecular weight excluding hydrogens is 889 g/mol. The SMILES string of the molecule is CC/C=C\C/C=C\C/C=C\C/C=C\C/C=C\CCCCCCCCCCCC(=O)OCC(COC(=O)CCCCCCC/C=C\CCCCCC)OC(=O)CCCCCCC/C=C\CCCCCCCCC. The van der Waals surface area contributed by atoms with Crippen molar-refractivity contribution in [2.45, 2.75) is 303 Å². The average molecular weight is 1000 g/mol. The zero-order chi connectivity index (χ0) is 52.2. The molecule has 72 heavy (non-hydrogen) atoms. The Bertz CT molecular complexity index is 1380. The Morgan fingerprint density at radius 3 is 0.875 bits per heavy atom. The van der Waals surface area contributed by atoms with Crippen molar-refractivity contribution >= 4 is 17.9 Å².